The van der Waals surface area contributed by atoms with Gasteiger partial charge in [-0.25, -0.2) is 5.01 Å². The number of benzene rings is 2. The van der Waals surface area contributed by atoms with Crippen LogP contribution in [0, 0.1) is 13.8 Å². The lowest BCUT2D eigenvalue weighted by Crippen LogP contribution is -2.38. The average molecular weight is 310 g/mol. The molecule has 4 heteroatoms. The van der Waals surface area contributed by atoms with Crippen LogP contribution in [0.4, 0.5) is 5.69 Å². The first-order valence-electron chi connectivity index (χ1n) is 7.86. The molecule has 0 saturated carbocycles. The maximum atomic E-state index is 12.3. The average Bonchev–Trinajstić information content (AvgIpc) is 2.89. The number of amides is 1. The van der Waals surface area contributed by atoms with Gasteiger partial charge < -0.3 is 4.74 Å². The number of aryl methyl sites for hydroxylation is 2. The molecule has 23 heavy (non-hydrogen) atoms. The quantitative estimate of drug-likeness (QED) is 0.867. The van der Waals surface area contributed by atoms with Crippen molar-refractivity contribution in [3.63, 3.8) is 0 Å². The molecule has 0 aliphatic carbocycles. The minimum absolute atomic E-state index is 0.167. The molecule has 120 valence electrons. The molecule has 0 aromatic heterocycles. The first kappa shape index (κ1) is 15.4. The summed E-state index contributed by atoms with van der Waals surface area (Å²) in [7, 11) is 1.65. The first-order valence-corrected chi connectivity index (χ1v) is 7.86. The highest BCUT2D eigenvalue weighted by Gasteiger charge is 2.29. The van der Waals surface area contributed by atoms with E-state index in [0.717, 1.165) is 23.5 Å². The van der Waals surface area contributed by atoms with Crippen LogP contribution in [0.1, 0.15) is 23.1 Å². The molecule has 1 heterocycles. The fourth-order valence-electron chi connectivity index (χ4n) is 3.01. The SMILES string of the molecule is COc1ccc(CN2C(=O)CCN2c2ccc(C)cc2C)cc1. The first-order chi connectivity index (χ1) is 11.1. The summed E-state index contributed by atoms with van der Waals surface area (Å²) in [4.78, 5) is 12.3. The second-order valence-corrected chi connectivity index (χ2v) is 5.96. The molecule has 0 spiro atoms. The number of carbonyl (C=O) groups excluding carboxylic acids is 1. The molecule has 1 fully saturated rings. The number of carbonyl (C=O) groups is 1. The Bertz CT molecular complexity index is 710. The van der Waals surface area contributed by atoms with E-state index in [9.17, 15) is 4.79 Å². The maximum absolute atomic E-state index is 12.3. The zero-order chi connectivity index (χ0) is 16.4. The Labute approximate surface area is 137 Å². The molecule has 0 bridgehead atoms. The van der Waals surface area contributed by atoms with Crippen molar-refractivity contribution in [2.75, 3.05) is 18.7 Å². The Balaban J connectivity index is 1.84. The molecular formula is C19H22N2O2. The van der Waals surface area contributed by atoms with Gasteiger partial charge in [-0.1, -0.05) is 29.8 Å². The molecule has 1 aliphatic heterocycles. The summed E-state index contributed by atoms with van der Waals surface area (Å²) in [5.41, 5.74) is 4.63. The van der Waals surface area contributed by atoms with Gasteiger partial charge in [-0.05, 0) is 43.2 Å². The van der Waals surface area contributed by atoms with Gasteiger partial charge in [0.15, 0.2) is 0 Å². The normalized spacial score (nSPS) is 14.5. The van der Waals surface area contributed by atoms with Crippen molar-refractivity contribution in [2.24, 2.45) is 0 Å². The molecule has 4 nitrogen and oxygen atoms in total. The molecule has 1 amide bonds. The summed E-state index contributed by atoms with van der Waals surface area (Å²) in [6.45, 7) is 5.49. The minimum atomic E-state index is 0.167. The Kier molecular flexibility index (Phi) is 4.24. The minimum Gasteiger partial charge on any atom is -0.497 e. The van der Waals surface area contributed by atoms with Gasteiger partial charge in [0, 0.05) is 13.0 Å². The third kappa shape index (κ3) is 3.16. The molecule has 1 saturated heterocycles. The maximum Gasteiger partial charge on any atom is 0.243 e. The number of hydrogen-bond acceptors (Lipinski definition) is 3. The number of nitrogens with zero attached hydrogens (tertiary/aromatic N) is 2. The van der Waals surface area contributed by atoms with E-state index in [4.69, 9.17) is 4.74 Å². The predicted molar refractivity (Wildman–Crippen MR) is 91.4 cm³/mol. The highest BCUT2D eigenvalue weighted by atomic mass is 16.5. The van der Waals surface area contributed by atoms with Crippen LogP contribution < -0.4 is 9.75 Å². The Morgan fingerprint density at radius 3 is 2.48 bits per heavy atom. The highest BCUT2D eigenvalue weighted by Crippen LogP contribution is 2.28. The lowest BCUT2D eigenvalue weighted by molar-refractivity contribution is -0.128. The number of hydrogen-bond donors (Lipinski definition) is 0. The molecule has 0 N–H and O–H groups in total. The summed E-state index contributed by atoms with van der Waals surface area (Å²) in [6, 6.07) is 14.2. The van der Waals surface area contributed by atoms with Crippen LogP contribution in [-0.2, 0) is 11.3 Å². The Morgan fingerprint density at radius 2 is 1.83 bits per heavy atom. The van der Waals surface area contributed by atoms with Crippen molar-refractivity contribution in [3.8, 4) is 5.75 Å². The topological polar surface area (TPSA) is 32.8 Å². The van der Waals surface area contributed by atoms with E-state index >= 15 is 0 Å². The van der Waals surface area contributed by atoms with Gasteiger partial charge in [-0.15, -0.1) is 0 Å². The second-order valence-electron chi connectivity index (χ2n) is 5.96. The predicted octanol–water partition coefficient (Wildman–Crippen LogP) is 3.47. The third-order valence-corrected chi connectivity index (χ3v) is 4.24. The molecule has 0 unspecified atom stereocenters. The number of ether oxygens (including phenoxy) is 1. The zero-order valence-corrected chi connectivity index (χ0v) is 13.9. The fourth-order valence-corrected chi connectivity index (χ4v) is 3.01. The van der Waals surface area contributed by atoms with Crippen LogP contribution >= 0.6 is 0 Å². The van der Waals surface area contributed by atoms with Crippen molar-refractivity contribution < 1.29 is 9.53 Å². The fraction of sp³-hybridized carbons (Fsp3) is 0.316. The van der Waals surface area contributed by atoms with E-state index in [0.29, 0.717) is 13.0 Å². The van der Waals surface area contributed by atoms with Crippen LogP contribution in [0.2, 0.25) is 0 Å². The van der Waals surface area contributed by atoms with Crippen molar-refractivity contribution in [1.82, 2.24) is 5.01 Å². The van der Waals surface area contributed by atoms with Crippen LogP contribution in [0.15, 0.2) is 42.5 Å². The standard InChI is InChI=1S/C19H22N2O2/c1-14-4-9-18(15(2)12-14)20-11-10-19(22)21(20)13-16-5-7-17(23-3)8-6-16/h4-9,12H,10-11,13H2,1-3H3. The van der Waals surface area contributed by atoms with E-state index in [2.05, 4.69) is 37.1 Å². The number of hydrazine groups is 1. The third-order valence-electron chi connectivity index (χ3n) is 4.24. The van der Waals surface area contributed by atoms with E-state index in [1.165, 1.54) is 11.1 Å². The van der Waals surface area contributed by atoms with Crippen LogP contribution in [0.5, 0.6) is 5.75 Å². The van der Waals surface area contributed by atoms with Crippen molar-refractivity contribution in [3.05, 3.63) is 59.2 Å². The van der Waals surface area contributed by atoms with Gasteiger partial charge >= 0.3 is 0 Å². The summed E-state index contributed by atoms with van der Waals surface area (Å²) in [5, 5.41) is 3.95. The van der Waals surface area contributed by atoms with Gasteiger partial charge in [0.2, 0.25) is 5.91 Å². The molecule has 2 aromatic rings. The Hall–Kier alpha value is -2.49. The van der Waals surface area contributed by atoms with Crippen molar-refractivity contribution in [1.29, 1.82) is 0 Å². The van der Waals surface area contributed by atoms with E-state index in [1.54, 1.807) is 7.11 Å². The molecule has 0 radical (unpaired) electrons. The van der Waals surface area contributed by atoms with Gasteiger partial charge in [-0.3, -0.25) is 9.80 Å². The van der Waals surface area contributed by atoms with Gasteiger partial charge in [0.25, 0.3) is 0 Å². The second kappa shape index (κ2) is 6.32. The molecule has 0 atom stereocenters. The van der Waals surface area contributed by atoms with E-state index < -0.39 is 0 Å². The monoisotopic (exact) mass is 310 g/mol. The lowest BCUT2D eigenvalue weighted by Gasteiger charge is -2.31. The van der Waals surface area contributed by atoms with Gasteiger partial charge in [-0.2, -0.15) is 0 Å². The molecule has 1 aliphatic rings. The smallest absolute Gasteiger partial charge is 0.243 e. The van der Waals surface area contributed by atoms with Gasteiger partial charge in [0.1, 0.15) is 5.75 Å². The molecular weight excluding hydrogens is 288 g/mol. The van der Waals surface area contributed by atoms with Crippen molar-refractivity contribution in [2.45, 2.75) is 26.8 Å². The zero-order valence-electron chi connectivity index (χ0n) is 13.9. The highest BCUT2D eigenvalue weighted by molar-refractivity contribution is 5.82. The van der Waals surface area contributed by atoms with Crippen LogP contribution in [0.25, 0.3) is 0 Å². The molecule has 3 rings (SSSR count). The van der Waals surface area contributed by atoms with Crippen LogP contribution in [0.3, 0.4) is 0 Å². The molecule has 2 aromatic carbocycles. The Morgan fingerprint density at radius 1 is 1.09 bits per heavy atom. The number of rotatable bonds is 4. The number of anilines is 1. The summed E-state index contributed by atoms with van der Waals surface area (Å²) in [5.74, 6) is 0.994. The van der Waals surface area contributed by atoms with Crippen molar-refractivity contribution >= 4 is 11.6 Å². The van der Waals surface area contributed by atoms with Gasteiger partial charge in [0.05, 0.1) is 19.3 Å². The van der Waals surface area contributed by atoms with E-state index in [-0.39, 0.29) is 5.91 Å². The summed E-state index contributed by atoms with van der Waals surface area (Å²) >= 11 is 0. The summed E-state index contributed by atoms with van der Waals surface area (Å²) < 4.78 is 5.19. The largest absolute Gasteiger partial charge is 0.497 e. The summed E-state index contributed by atoms with van der Waals surface area (Å²) in [6.07, 6.45) is 0.559. The van der Waals surface area contributed by atoms with E-state index in [1.807, 2.05) is 29.3 Å². The van der Waals surface area contributed by atoms with Crippen LogP contribution in [-0.4, -0.2) is 24.6 Å². The number of methoxy groups -OCH3 is 1. The lowest BCUT2D eigenvalue weighted by atomic mass is 10.1.